The Morgan fingerprint density at radius 2 is 0.913 bits per heavy atom. The fraction of sp³-hybridized carbons (Fsp3) is 0.526. The number of para-hydroxylation sites is 1. The number of benzene rings is 3. The molecule has 37 N–H and O–H groups in total. The molecule has 5 rings (SSSR count). The van der Waals surface area contributed by atoms with E-state index in [4.69, 9.17) is 33.4 Å². The van der Waals surface area contributed by atoms with Crippen molar-refractivity contribution in [1.29, 1.82) is 16.2 Å². The SMILES string of the molecule is CC(=O)N[C@@H](CO)C(=O)NCC(=O)N[C@@H](CCCNC(=N)N)C(=O)N[C@@H](CCC(=O)O)C(=O)N[C@@H](Cc1ccccc1)C(=O)N[C@@]1(C)CCC/C=C\CCC[C@@](C)(C(=O)N[C@@H](Cc2ccccc2)C(=O)N[C@H](C(=O)N[C@@H](CO)C(=O)NCC(=O)NCC(=O)N[C@@H](CO)C(=O)N[C@@H](CCCNC(=N)N)C(=O)N[C@@H](Cc2c[nH]c3ccccc23)C(=O)O)[C@@H](C)O)NC(=O)[C@H](C(C)C)NC(=O)[C@H](C)NC(=O)[C@H](CCCNC(=N)N)NC1=O. The summed E-state index contributed by atoms with van der Waals surface area (Å²) in [5, 5.41) is 137. The van der Waals surface area contributed by atoms with Crippen LogP contribution >= 0.6 is 0 Å². The lowest BCUT2D eigenvalue weighted by Gasteiger charge is -2.34. The van der Waals surface area contributed by atoms with Gasteiger partial charge in [-0.05, 0) is 140 Å². The van der Waals surface area contributed by atoms with Gasteiger partial charge in [-0.3, -0.25) is 107 Å². The average Bonchev–Trinajstić information content (AvgIpc) is 1.77. The molecule has 818 valence electrons. The second-order valence-corrected chi connectivity index (χ2v) is 36.4. The molecule has 2 heterocycles. The van der Waals surface area contributed by atoms with Crippen LogP contribution in [0.2, 0.25) is 0 Å². The number of carbonyl (C=O) groups excluding carboxylic acids is 18. The van der Waals surface area contributed by atoms with Gasteiger partial charge < -0.3 is 164 Å². The lowest BCUT2D eigenvalue weighted by Crippen LogP contribution is -2.65. The Hall–Kier alpha value is -16.0. The Bertz CT molecular complexity index is 5340. The predicted molar refractivity (Wildman–Crippen MR) is 537 cm³/mol. The normalized spacial score (nSPS) is 18.6. The van der Waals surface area contributed by atoms with Crippen LogP contribution in [0.5, 0.6) is 0 Å². The molecule has 0 saturated heterocycles. The van der Waals surface area contributed by atoms with E-state index in [2.05, 4.69) is 117 Å². The minimum atomic E-state index is -2.06. The number of carbonyl (C=O) groups is 20. The largest absolute Gasteiger partial charge is 0.481 e. The highest BCUT2D eigenvalue weighted by Crippen LogP contribution is 2.24. The summed E-state index contributed by atoms with van der Waals surface area (Å²) in [6.45, 7) is 3.44. The zero-order valence-corrected chi connectivity index (χ0v) is 83.9. The minimum Gasteiger partial charge on any atom is -0.481 e. The molecule has 149 heavy (non-hydrogen) atoms. The molecular formula is C95H142N28O26. The highest BCUT2D eigenvalue weighted by Gasteiger charge is 2.44. The lowest BCUT2D eigenvalue weighted by atomic mass is 9.90. The zero-order valence-electron chi connectivity index (χ0n) is 83.9. The van der Waals surface area contributed by atoms with Crippen LogP contribution in [0.15, 0.2) is 103 Å². The average molecular weight is 2090 g/mol. The predicted octanol–water partition coefficient (Wildman–Crippen LogP) is -8.70. The number of nitrogens with one attached hydrogen (secondary N) is 25. The first-order valence-electron chi connectivity index (χ1n) is 48.3. The molecule has 0 radical (unpaired) electrons. The van der Waals surface area contributed by atoms with E-state index in [1.54, 1.807) is 117 Å². The van der Waals surface area contributed by atoms with Gasteiger partial charge in [-0.25, -0.2) is 4.79 Å². The number of amides is 18. The zero-order chi connectivity index (χ0) is 111. The quantitative estimate of drug-likeness (QED) is 0.00845. The van der Waals surface area contributed by atoms with Gasteiger partial charge in [0.25, 0.3) is 0 Å². The molecule has 1 aromatic heterocycles. The molecule has 0 saturated carbocycles. The molecule has 0 unspecified atom stereocenters. The van der Waals surface area contributed by atoms with Gasteiger partial charge in [0.05, 0.1) is 45.6 Å². The topological polar surface area (TPSA) is 881 Å². The van der Waals surface area contributed by atoms with Crippen LogP contribution in [0, 0.1) is 22.1 Å². The summed E-state index contributed by atoms with van der Waals surface area (Å²) in [4.78, 5) is 281. The fourth-order valence-corrected chi connectivity index (χ4v) is 15.3. The summed E-state index contributed by atoms with van der Waals surface area (Å²) >= 11 is 0. The van der Waals surface area contributed by atoms with Crippen molar-refractivity contribution in [3.8, 4) is 0 Å². The standard InChI is InChI=1S/C95H142N28O26/c1-51(2)74-87(145)123-95(7,90(149)119-64(41-55-25-14-12-15-26-55)83(141)121-75(53(4)127)86(144)117-68(49-125)78(136)107-45-70(129)106-46-71(130)112-69(50-126)84(142)113-61(32-23-39-103-92(98)99)81(139)116-66(88(146)147)43-57-44-105-59-30-19-18-29-58(57)59)37-21-11-9-8-10-20-36-94(6,89(148)118-62(33-24-40-104-93(100)101)79(137)109-52(3)76(134)120-74)122-85(143)65(42-56-27-16-13-17-28-56)115-82(140)63(34-35-73(132)133)114-80(138)60(31-22-38-102-91(96)97)111-72(131)47-108-77(135)67(48-124)110-54(5)128/h8-9,12-19,25-30,44,51-53,60-69,74-75,105,124-127H,10-11,20-24,31-43,45-50H2,1-7H3,(H,106,129)(H,107,136)(H,108,135)(H,109,137)(H,110,128)(H,111,131)(H,112,130)(H,113,142)(H,114,138)(H,115,140)(H,116,139)(H,117,144)(H,118,148)(H,119,149)(H,120,134)(H,121,141)(H,122,143)(H,123,145)(H,132,133)(H,146,147)(H4,96,97,102)(H4,98,99,103)(H4,100,101,104)/b9-8-/t52-,53+,60-,61-,62-,63-,64-,65-,66-,67-,68-,69-,74-,75-,94-,95-/m0/s1. The molecule has 54 heteroatoms. The molecule has 4 aromatic rings. The number of aliphatic hydroxyl groups excluding tert-OH is 4. The summed E-state index contributed by atoms with van der Waals surface area (Å²) in [5.74, 6) is -23.6. The number of carboxylic acid groups (broad SMARTS) is 2. The van der Waals surface area contributed by atoms with E-state index in [0.29, 0.717) is 27.6 Å². The number of fused-ring (bicyclic) bond motifs is 1. The Balaban J connectivity index is 1.38. The molecule has 0 aliphatic carbocycles. The van der Waals surface area contributed by atoms with Crippen LogP contribution in [-0.2, 0) is 115 Å². The van der Waals surface area contributed by atoms with Gasteiger partial charge in [-0.1, -0.05) is 105 Å². The smallest absolute Gasteiger partial charge is 0.326 e. The van der Waals surface area contributed by atoms with Crippen LogP contribution in [0.4, 0.5) is 0 Å². The number of aliphatic carboxylic acids is 2. The molecule has 0 fully saturated rings. The van der Waals surface area contributed by atoms with E-state index in [-0.39, 0.29) is 116 Å². The Kier molecular flexibility index (Phi) is 52.0. The highest BCUT2D eigenvalue weighted by atomic mass is 16.4. The third kappa shape index (κ3) is 43.7. The minimum absolute atomic E-state index is 0.0201. The van der Waals surface area contributed by atoms with Crippen molar-refractivity contribution in [2.75, 3.05) is 59.1 Å². The molecule has 18 amide bonds. The fourth-order valence-electron chi connectivity index (χ4n) is 15.3. The molecule has 16 atom stereocenters. The highest BCUT2D eigenvalue weighted by molar-refractivity contribution is 6.03. The summed E-state index contributed by atoms with van der Waals surface area (Å²) in [6, 6.07) is 1.71. The van der Waals surface area contributed by atoms with Crippen molar-refractivity contribution in [1.82, 2.24) is 117 Å². The monoisotopic (exact) mass is 2090 g/mol. The van der Waals surface area contributed by atoms with Crippen molar-refractivity contribution in [2.45, 2.75) is 253 Å². The number of hydrogen-bond donors (Lipinski definition) is 34. The van der Waals surface area contributed by atoms with Gasteiger partial charge in [-0.2, -0.15) is 0 Å². The molecule has 54 nitrogen and oxygen atoms in total. The number of hydrogen-bond acceptors (Lipinski definition) is 27. The van der Waals surface area contributed by atoms with Crippen molar-refractivity contribution < 1.29 is 127 Å². The molecule has 0 spiro atoms. The summed E-state index contributed by atoms with van der Waals surface area (Å²) in [6.07, 6.45) is 0.410. The van der Waals surface area contributed by atoms with Crippen LogP contribution in [0.3, 0.4) is 0 Å². The van der Waals surface area contributed by atoms with Crippen LogP contribution in [0.1, 0.15) is 155 Å². The van der Waals surface area contributed by atoms with Gasteiger partial charge in [0.2, 0.25) is 106 Å². The van der Waals surface area contributed by atoms with Crippen molar-refractivity contribution >= 4 is 147 Å². The number of guanidine groups is 3. The number of H-pyrrole nitrogens is 1. The first kappa shape index (κ1) is 123. The molecule has 3 aromatic carbocycles. The summed E-state index contributed by atoms with van der Waals surface area (Å²) < 4.78 is 0. The number of allylic oxidation sites excluding steroid dienone is 2. The Morgan fingerprint density at radius 3 is 1.43 bits per heavy atom. The van der Waals surface area contributed by atoms with Crippen molar-refractivity contribution in [2.24, 2.45) is 23.1 Å². The van der Waals surface area contributed by atoms with Gasteiger partial charge in [0, 0.05) is 69.3 Å². The molecule has 0 bridgehead atoms. The summed E-state index contributed by atoms with van der Waals surface area (Å²) in [5.41, 5.74) is 14.5. The van der Waals surface area contributed by atoms with Gasteiger partial charge in [0.15, 0.2) is 17.9 Å². The van der Waals surface area contributed by atoms with E-state index in [1.165, 1.54) is 20.8 Å². The Labute approximate surface area is 858 Å². The third-order valence-corrected chi connectivity index (χ3v) is 23.6. The Morgan fingerprint density at radius 1 is 0.463 bits per heavy atom. The first-order chi connectivity index (χ1) is 70.5. The van der Waals surface area contributed by atoms with Crippen molar-refractivity contribution in [3.05, 3.63) is 120 Å². The van der Waals surface area contributed by atoms with Crippen molar-refractivity contribution in [3.63, 3.8) is 0 Å². The van der Waals surface area contributed by atoms with E-state index >= 15 is 14.4 Å². The lowest BCUT2D eigenvalue weighted by molar-refractivity contribution is -0.142. The summed E-state index contributed by atoms with van der Waals surface area (Å²) in [7, 11) is 0. The second-order valence-electron chi connectivity index (χ2n) is 36.4. The van der Waals surface area contributed by atoms with E-state index in [9.17, 15) is 112 Å². The molecular weight excluding hydrogens is 1950 g/mol. The molecule has 1 aliphatic rings. The first-order valence-corrected chi connectivity index (χ1v) is 48.3. The number of aliphatic hydroxyl groups is 4. The van der Waals surface area contributed by atoms with E-state index in [1.807, 2.05) is 0 Å². The van der Waals surface area contributed by atoms with Gasteiger partial charge >= 0.3 is 11.9 Å². The number of aromatic nitrogens is 1. The maximum Gasteiger partial charge on any atom is 0.326 e. The van der Waals surface area contributed by atoms with Crippen LogP contribution in [0.25, 0.3) is 10.9 Å². The van der Waals surface area contributed by atoms with E-state index < -0.39 is 290 Å². The van der Waals surface area contributed by atoms with Crippen LogP contribution in [-0.4, -0.2) is 327 Å². The van der Waals surface area contributed by atoms with Gasteiger partial charge in [0.1, 0.15) is 89.6 Å². The number of carboxylic acids is 2. The molecule has 1 aliphatic heterocycles. The van der Waals surface area contributed by atoms with Gasteiger partial charge in [-0.15, -0.1) is 0 Å². The third-order valence-electron chi connectivity index (χ3n) is 23.6. The second kappa shape index (κ2) is 62.7. The number of rotatable bonds is 54. The number of aromatic amines is 1. The van der Waals surface area contributed by atoms with Crippen LogP contribution < -0.4 is 129 Å². The maximum absolute atomic E-state index is 15.4. The van der Waals surface area contributed by atoms with E-state index in [0.717, 1.165) is 13.8 Å². The number of nitrogens with two attached hydrogens (primary N) is 3. The maximum atomic E-state index is 15.4.